The van der Waals surface area contributed by atoms with Gasteiger partial charge in [-0.15, -0.1) is 5.10 Å². The molecule has 0 bridgehead atoms. The van der Waals surface area contributed by atoms with Crippen molar-refractivity contribution in [3.63, 3.8) is 0 Å². The van der Waals surface area contributed by atoms with Gasteiger partial charge in [0.1, 0.15) is 0 Å². The van der Waals surface area contributed by atoms with Gasteiger partial charge in [0.05, 0.1) is 10.0 Å². The standard InChI is InChI=1S/C11H11BrCl2N4O2S/c1-6(7-3-4-8(13)9(14)5-7)16-21(19,20)11-10(12)15-17-18(11)2/h3-6,16H,1-2H3. The molecule has 1 heterocycles. The van der Waals surface area contributed by atoms with Crippen LogP contribution >= 0.6 is 39.1 Å². The van der Waals surface area contributed by atoms with Gasteiger partial charge in [-0.3, -0.25) is 0 Å². The molecule has 0 radical (unpaired) electrons. The second-order valence-corrected chi connectivity index (χ2v) is 7.52. The van der Waals surface area contributed by atoms with Gasteiger partial charge in [0, 0.05) is 13.1 Å². The van der Waals surface area contributed by atoms with Crippen molar-refractivity contribution in [2.45, 2.75) is 18.0 Å². The average Bonchev–Trinajstić information content (AvgIpc) is 2.72. The summed E-state index contributed by atoms with van der Waals surface area (Å²) in [5.74, 6) is 0. The van der Waals surface area contributed by atoms with E-state index in [2.05, 4.69) is 31.0 Å². The van der Waals surface area contributed by atoms with E-state index in [1.807, 2.05) is 0 Å². The second-order valence-electron chi connectivity index (χ2n) is 4.33. The number of hydrogen-bond acceptors (Lipinski definition) is 4. The molecule has 0 fully saturated rings. The van der Waals surface area contributed by atoms with Crippen LogP contribution in [0.4, 0.5) is 0 Å². The highest BCUT2D eigenvalue weighted by molar-refractivity contribution is 9.10. The van der Waals surface area contributed by atoms with E-state index in [9.17, 15) is 8.42 Å². The van der Waals surface area contributed by atoms with Crippen LogP contribution in [0.1, 0.15) is 18.5 Å². The number of halogens is 3. The molecule has 0 spiro atoms. The molecule has 21 heavy (non-hydrogen) atoms. The van der Waals surface area contributed by atoms with Gasteiger partial charge in [-0.05, 0) is 40.5 Å². The van der Waals surface area contributed by atoms with Crippen LogP contribution in [0, 0.1) is 0 Å². The molecule has 0 saturated carbocycles. The summed E-state index contributed by atoms with van der Waals surface area (Å²) in [5.41, 5.74) is 0.694. The molecule has 0 aliphatic carbocycles. The third-order valence-electron chi connectivity index (χ3n) is 2.77. The fraction of sp³-hybridized carbons (Fsp3) is 0.273. The highest BCUT2D eigenvalue weighted by atomic mass is 79.9. The summed E-state index contributed by atoms with van der Waals surface area (Å²) in [6, 6.07) is 4.45. The zero-order valence-electron chi connectivity index (χ0n) is 11.0. The Morgan fingerprint density at radius 1 is 1.33 bits per heavy atom. The molecule has 114 valence electrons. The molecule has 1 unspecified atom stereocenters. The number of benzene rings is 1. The van der Waals surface area contributed by atoms with Gasteiger partial charge in [-0.2, -0.15) is 0 Å². The molecule has 0 aliphatic heterocycles. The molecule has 1 atom stereocenters. The summed E-state index contributed by atoms with van der Waals surface area (Å²) in [4.78, 5) is 0. The van der Waals surface area contributed by atoms with E-state index in [-0.39, 0.29) is 9.63 Å². The van der Waals surface area contributed by atoms with Crippen molar-refractivity contribution in [2.75, 3.05) is 0 Å². The summed E-state index contributed by atoms with van der Waals surface area (Å²) in [6.45, 7) is 1.70. The van der Waals surface area contributed by atoms with Crippen molar-refractivity contribution in [1.29, 1.82) is 0 Å². The minimum absolute atomic E-state index is 0.0468. The number of aromatic nitrogens is 3. The van der Waals surface area contributed by atoms with Crippen LogP contribution in [-0.2, 0) is 17.1 Å². The number of nitrogens with one attached hydrogen (secondary N) is 1. The second kappa shape index (κ2) is 6.21. The largest absolute Gasteiger partial charge is 0.261 e. The fourth-order valence-electron chi connectivity index (χ4n) is 1.75. The Morgan fingerprint density at radius 2 is 2.00 bits per heavy atom. The fourth-order valence-corrected chi connectivity index (χ4v) is 4.38. The average molecular weight is 414 g/mol. The van der Waals surface area contributed by atoms with Crippen LogP contribution in [0.2, 0.25) is 10.0 Å². The minimum Gasteiger partial charge on any atom is -0.235 e. The smallest absolute Gasteiger partial charge is 0.235 e. The predicted molar refractivity (Wildman–Crippen MR) is 83.9 cm³/mol. The molecule has 1 N–H and O–H groups in total. The van der Waals surface area contributed by atoms with Gasteiger partial charge in [0.25, 0.3) is 10.0 Å². The Balaban J connectivity index is 2.30. The van der Waals surface area contributed by atoms with Gasteiger partial charge in [0.15, 0.2) is 4.60 Å². The van der Waals surface area contributed by atoms with Gasteiger partial charge in [-0.25, -0.2) is 17.8 Å². The molecule has 0 aliphatic rings. The molecule has 1 aromatic carbocycles. The summed E-state index contributed by atoms with van der Waals surface area (Å²) in [5, 5.41) is 8.04. The third kappa shape index (κ3) is 3.57. The highest BCUT2D eigenvalue weighted by Gasteiger charge is 2.26. The predicted octanol–water partition coefficient (Wildman–Crippen LogP) is 2.92. The molecule has 2 rings (SSSR count). The highest BCUT2D eigenvalue weighted by Crippen LogP contribution is 2.27. The van der Waals surface area contributed by atoms with Crippen LogP contribution < -0.4 is 4.72 Å². The van der Waals surface area contributed by atoms with Crippen molar-refractivity contribution in [3.8, 4) is 0 Å². The normalized spacial score (nSPS) is 13.4. The molecule has 10 heteroatoms. The van der Waals surface area contributed by atoms with E-state index >= 15 is 0 Å². The lowest BCUT2D eigenvalue weighted by Crippen LogP contribution is -2.28. The number of hydrogen-bond donors (Lipinski definition) is 1. The summed E-state index contributed by atoms with van der Waals surface area (Å²) in [7, 11) is -2.29. The van der Waals surface area contributed by atoms with Gasteiger partial charge >= 0.3 is 0 Å². The van der Waals surface area contributed by atoms with Crippen LogP contribution in [0.15, 0.2) is 27.8 Å². The molecule has 6 nitrogen and oxygen atoms in total. The minimum atomic E-state index is -3.78. The Morgan fingerprint density at radius 3 is 2.52 bits per heavy atom. The molecular formula is C11H11BrCl2N4O2S. The quantitative estimate of drug-likeness (QED) is 0.835. The lowest BCUT2D eigenvalue weighted by Gasteiger charge is -2.15. The maximum absolute atomic E-state index is 12.4. The van der Waals surface area contributed by atoms with Crippen molar-refractivity contribution in [3.05, 3.63) is 38.4 Å². The summed E-state index contributed by atoms with van der Waals surface area (Å²) >= 11 is 14.9. The van der Waals surface area contributed by atoms with E-state index in [1.165, 1.54) is 11.7 Å². The van der Waals surface area contributed by atoms with Crippen molar-refractivity contribution in [1.82, 2.24) is 19.7 Å². The number of aryl methyl sites for hydroxylation is 1. The number of rotatable bonds is 4. The van der Waals surface area contributed by atoms with Crippen LogP contribution in [-0.4, -0.2) is 23.4 Å². The van der Waals surface area contributed by atoms with E-state index in [1.54, 1.807) is 25.1 Å². The summed E-state index contributed by atoms with van der Waals surface area (Å²) in [6.07, 6.45) is 0. The van der Waals surface area contributed by atoms with Gasteiger partial charge in [0.2, 0.25) is 5.03 Å². The summed E-state index contributed by atoms with van der Waals surface area (Å²) < 4.78 is 28.6. The first-order chi connectivity index (χ1) is 9.72. The zero-order chi connectivity index (χ0) is 15.8. The molecule has 2 aromatic rings. The Hall–Kier alpha value is -0.670. The van der Waals surface area contributed by atoms with Crippen LogP contribution in [0.3, 0.4) is 0 Å². The molecule has 0 saturated heterocycles. The van der Waals surface area contributed by atoms with Crippen molar-refractivity contribution < 1.29 is 8.42 Å². The van der Waals surface area contributed by atoms with Gasteiger partial charge in [-0.1, -0.05) is 34.5 Å². The number of sulfonamides is 1. The Bertz CT molecular complexity index is 759. The third-order valence-corrected chi connectivity index (χ3v) is 5.93. The lowest BCUT2D eigenvalue weighted by atomic mass is 10.1. The molecular weight excluding hydrogens is 403 g/mol. The Kier molecular flexibility index (Phi) is 4.94. The topological polar surface area (TPSA) is 76.9 Å². The van der Waals surface area contributed by atoms with Crippen molar-refractivity contribution >= 4 is 49.2 Å². The SMILES string of the molecule is CC(NS(=O)(=O)c1c(Br)nnn1C)c1ccc(Cl)c(Cl)c1. The number of nitrogens with zero attached hydrogens (tertiary/aromatic N) is 3. The van der Waals surface area contributed by atoms with E-state index < -0.39 is 16.1 Å². The van der Waals surface area contributed by atoms with E-state index in [4.69, 9.17) is 23.2 Å². The monoisotopic (exact) mass is 412 g/mol. The maximum atomic E-state index is 12.4. The zero-order valence-corrected chi connectivity index (χ0v) is 14.9. The van der Waals surface area contributed by atoms with Crippen molar-refractivity contribution in [2.24, 2.45) is 7.05 Å². The van der Waals surface area contributed by atoms with E-state index in [0.717, 1.165) is 0 Å². The van der Waals surface area contributed by atoms with Crippen LogP contribution in [0.25, 0.3) is 0 Å². The van der Waals surface area contributed by atoms with E-state index in [0.29, 0.717) is 15.6 Å². The molecule has 0 amide bonds. The lowest BCUT2D eigenvalue weighted by molar-refractivity contribution is 0.548. The van der Waals surface area contributed by atoms with Crippen LogP contribution in [0.5, 0.6) is 0 Å². The first kappa shape index (κ1) is 16.7. The Labute approximate surface area is 140 Å². The molecule has 1 aromatic heterocycles. The first-order valence-electron chi connectivity index (χ1n) is 5.75. The first-order valence-corrected chi connectivity index (χ1v) is 8.78. The van der Waals surface area contributed by atoms with Gasteiger partial charge < -0.3 is 0 Å². The maximum Gasteiger partial charge on any atom is 0.261 e.